The van der Waals surface area contributed by atoms with Crippen molar-refractivity contribution in [3.63, 3.8) is 0 Å². The molecule has 1 aliphatic heterocycles. The van der Waals surface area contributed by atoms with Gasteiger partial charge in [0.05, 0.1) is 11.0 Å². The van der Waals surface area contributed by atoms with Crippen LogP contribution in [0, 0.1) is 0 Å². The van der Waals surface area contributed by atoms with Gasteiger partial charge in [0.1, 0.15) is 0 Å². The molecule has 0 bridgehead atoms. The molecule has 6 nitrogen and oxygen atoms in total. The predicted octanol–water partition coefficient (Wildman–Crippen LogP) is 2.34. The van der Waals surface area contributed by atoms with Crippen LogP contribution >= 0.6 is 15.9 Å². The van der Waals surface area contributed by atoms with Crippen molar-refractivity contribution in [2.75, 3.05) is 33.8 Å². The molecule has 134 valence electrons. The van der Waals surface area contributed by atoms with Crippen molar-refractivity contribution < 1.29 is 17.9 Å². The van der Waals surface area contributed by atoms with Crippen molar-refractivity contribution in [2.24, 2.45) is 0 Å². The highest BCUT2D eigenvalue weighted by atomic mass is 79.9. The molecular weight excluding hydrogens is 396 g/mol. The van der Waals surface area contributed by atoms with Gasteiger partial charge < -0.3 is 9.64 Å². The minimum atomic E-state index is -3.62. The Hall–Kier alpha value is -0.960. The Bertz CT molecular complexity index is 704. The van der Waals surface area contributed by atoms with Crippen LogP contribution in [0.15, 0.2) is 27.6 Å². The molecule has 0 spiro atoms. The van der Waals surface area contributed by atoms with Crippen molar-refractivity contribution in [1.82, 2.24) is 9.21 Å². The number of carbonyl (C=O) groups excluding carboxylic acids is 1. The molecule has 1 heterocycles. The van der Waals surface area contributed by atoms with E-state index in [2.05, 4.69) is 15.9 Å². The van der Waals surface area contributed by atoms with Crippen LogP contribution in [0.25, 0.3) is 0 Å². The lowest BCUT2D eigenvalue weighted by Gasteiger charge is -2.32. The summed E-state index contributed by atoms with van der Waals surface area (Å²) < 4.78 is 32.0. The van der Waals surface area contributed by atoms with Crippen LogP contribution in [0.1, 0.15) is 30.1 Å². The first-order valence-corrected chi connectivity index (χ1v) is 10.1. The average Bonchev–Trinajstić information content (AvgIpc) is 2.55. The van der Waals surface area contributed by atoms with E-state index in [1.807, 2.05) is 6.92 Å². The van der Waals surface area contributed by atoms with Gasteiger partial charge in [-0.3, -0.25) is 4.79 Å². The van der Waals surface area contributed by atoms with Gasteiger partial charge in [-0.15, -0.1) is 0 Å². The lowest BCUT2D eigenvalue weighted by Crippen LogP contribution is -2.43. The number of nitrogens with zero attached hydrogens (tertiary/aromatic N) is 2. The van der Waals surface area contributed by atoms with E-state index < -0.39 is 10.0 Å². The minimum Gasteiger partial charge on any atom is -0.377 e. The van der Waals surface area contributed by atoms with Gasteiger partial charge in [0.15, 0.2) is 0 Å². The van der Waals surface area contributed by atoms with E-state index in [-0.39, 0.29) is 16.9 Å². The summed E-state index contributed by atoms with van der Waals surface area (Å²) in [6.45, 7) is 3.76. The Morgan fingerprint density at radius 2 is 2.12 bits per heavy atom. The number of likely N-dealkylation sites (tertiary alicyclic amines) is 1. The first-order valence-electron chi connectivity index (χ1n) is 7.90. The van der Waals surface area contributed by atoms with Crippen molar-refractivity contribution in [1.29, 1.82) is 0 Å². The summed E-state index contributed by atoms with van der Waals surface area (Å²) in [5.74, 6) is -0.165. The molecule has 0 aliphatic carbocycles. The summed E-state index contributed by atoms with van der Waals surface area (Å²) >= 11 is 3.26. The second-order valence-corrected chi connectivity index (χ2v) is 8.88. The van der Waals surface area contributed by atoms with E-state index in [0.717, 1.165) is 17.1 Å². The zero-order valence-corrected chi connectivity index (χ0v) is 16.6. The third-order valence-corrected chi connectivity index (χ3v) is 6.81. The average molecular weight is 419 g/mol. The third kappa shape index (κ3) is 4.17. The van der Waals surface area contributed by atoms with Crippen LogP contribution in [-0.2, 0) is 14.8 Å². The first-order chi connectivity index (χ1) is 11.3. The summed E-state index contributed by atoms with van der Waals surface area (Å²) in [5.41, 5.74) is 0.371. The van der Waals surface area contributed by atoms with Crippen LogP contribution < -0.4 is 0 Å². The minimum absolute atomic E-state index is 0.0492. The maximum atomic E-state index is 12.8. The molecule has 1 saturated heterocycles. The summed E-state index contributed by atoms with van der Waals surface area (Å²) in [6, 6.07) is 4.69. The third-order valence-electron chi connectivity index (χ3n) is 4.00. The largest absolute Gasteiger partial charge is 0.377 e. The highest BCUT2D eigenvalue weighted by Crippen LogP contribution is 2.26. The summed E-state index contributed by atoms with van der Waals surface area (Å²) in [4.78, 5) is 14.6. The van der Waals surface area contributed by atoms with E-state index in [1.54, 1.807) is 17.0 Å². The quantitative estimate of drug-likeness (QED) is 0.735. The van der Waals surface area contributed by atoms with Gasteiger partial charge in [0, 0.05) is 43.8 Å². The summed E-state index contributed by atoms with van der Waals surface area (Å²) in [6.07, 6.45) is 1.88. The maximum absolute atomic E-state index is 12.8. The SMILES string of the molecule is CCOC1CCCN(C(=O)c2ccc(Br)c(S(=O)(=O)N(C)C)c2)C1. The lowest BCUT2D eigenvalue weighted by molar-refractivity contribution is 0.00723. The number of hydrogen-bond donors (Lipinski definition) is 0. The van der Waals surface area contributed by atoms with Gasteiger partial charge in [-0.25, -0.2) is 12.7 Å². The predicted molar refractivity (Wildman–Crippen MR) is 95.6 cm³/mol. The lowest BCUT2D eigenvalue weighted by atomic mass is 10.1. The van der Waals surface area contributed by atoms with Crippen molar-refractivity contribution >= 4 is 31.9 Å². The summed E-state index contributed by atoms with van der Waals surface area (Å²) in [5, 5.41) is 0. The molecule has 1 aromatic carbocycles. The Kier molecular flexibility index (Phi) is 6.41. The Balaban J connectivity index is 2.28. The number of benzene rings is 1. The molecule has 1 aliphatic rings. The number of amides is 1. The van der Waals surface area contributed by atoms with Crippen LogP contribution in [-0.4, -0.2) is 63.4 Å². The zero-order chi connectivity index (χ0) is 17.9. The topological polar surface area (TPSA) is 66.9 Å². The summed E-state index contributed by atoms with van der Waals surface area (Å²) in [7, 11) is -0.691. The van der Waals surface area contributed by atoms with Gasteiger partial charge in [-0.2, -0.15) is 0 Å². The van der Waals surface area contributed by atoms with Gasteiger partial charge >= 0.3 is 0 Å². The molecule has 1 aromatic rings. The molecule has 1 amide bonds. The van der Waals surface area contributed by atoms with E-state index >= 15 is 0 Å². The van der Waals surface area contributed by atoms with E-state index in [4.69, 9.17) is 4.74 Å². The second-order valence-electron chi connectivity index (χ2n) is 5.90. The van der Waals surface area contributed by atoms with Crippen molar-refractivity contribution in [2.45, 2.75) is 30.8 Å². The van der Waals surface area contributed by atoms with Gasteiger partial charge in [0.25, 0.3) is 5.91 Å². The van der Waals surface area contributed by atoms with Crippen molar-refractivity contribution in [3.8, 4) is 0 Å². The van der Waals surface area contributed by atoms with E-state index in [1.165, 1.54) is 20.2 Å². The number of halogens is 1. The molecule has 0 radical (unpaired) electrons. The van der Waals surface area contributed by atoms with Crippen LogP contribution in [0.3, 0.4) is 0 Å². The van der Waals surface area contributed by atoms with Crippen LogP contribution in [0.5, 0.6) is 0 Å². The molecule has 24 heavy (non-hydrogen) atoms. The normalized spacial score (nSPS) is 18.9. The number of ether oxygens (including phenoxy) is 1. The number of sulfonamides is 1. The number of piperidine rings is 1. The fourth-order valence-corrected chi connectivity index (χ4v) is 4.55. The number of carbonyl (C=O) groups is 1. The van der Waals surface area contributed by atoms with E-state index in [9.17, 15) is 13.2 Å². The fourth-order valence-electron chi connectivity index (χ4n) is 2.71. The van der Waals surface area contributed by atoms with E-state index in [0.29, 0.717) is 29.7 Å². The van der Waals surface area contributed by atoms with Crippen LogP contribution in [0.2, 0.25) is 0 Å². The number of hydrogen-bond acceptors (Lipinski definition) is 4. The molecule has 1 fully saturated rings. The molecule has 1 unspecified atom stereocenters. The number of rotatable bonds is 5. The smallest absolute Gasteiger partial charge is 0.253 e. The zero-order valence-electron chi connectivity index (χ0n) is 14.2. The van der Waals surface area contributed by atoms with Crippen LogP contribution in [0.4, 0.5) is 0 Å². The van der Waals surface area contributed by atoms with Gasteiger partial charge in [0.2, 0.25) is 10.0 Å². The van der Waals surface area contributed by atoms with Crippen molar-refractivity contribution in [3.05, 3.63) is 28.2 Å². The Labute approximate surface area is 151 Å². The molecule has 8 heteroatoms. The second kappa shape index (κ2) is 7.95. The highest BCUT2D eigenvalue weighted by molar-refractivity contribution is 9.10. The van der Waals surface area contributed by atoms with Gasteiger partial charge in [-0.1, -0.05) is 0 Å². The van der Waals surface area contributed by atoms with Gasteiger partial charge in [-0.05, 0) is 53.9 Å². The molecule has 1 atom stereocenters. The molecule has 0 saturated carbocycles. The molecule has 0 aromatic heterocycles. The standard InChI is InChI=1S/C16H23BrN2O4S/c1-4-23-13-6-5-9-19(11-13)16(20)12-7-8-14(17)15(10-12)24(21,22)18(2)3/h7-8,10,13H,4-6,9,11H2,1-3H3. The Morgan fingerprint density at radius 1 is 1.42 bits per heavy atom. The highest BCUT2D eigenvalue weighted by Gasteiger charge is 2.27. The molecule has 2 rings (SSSR count). The monoisotopic (exact) mass is 418 g/mol. The first kappa shape index (κ1) is 19.4. The molecule has 0 N–H and O–H groups in total. The molecular formula is C16H23BrN2O4S. The Morgan fingerprint density at radius 3 is 2.75 bits per heavy atom. The maximum Gasteiger partial charge on any atom is 0.253 e. The fraction of sp³-hybridized carbons (Fsp3) is 0.562.